The zero-order valence-corrected chi connectivity index (χ0v) is 13.7. The highest BCUT2D eigenvalue weighted by Crippen LogP contribution is 2.29. The molecule has 0 aromatic carbocycles. The van der Waals surface area contributed by atoms with Crippen molar-refractivity contribution in [1.29, 1.82) is 0 Å². The Kier molecular flexibility index (Phi) is 12.1. The molecule has 0 aliphatic rings. The van der Waals surface area contributed by atoms with Crippen LogP contribution in [-0.2, 0) is 9.47 Å². The predicted octanol–water partition coefficient (Wildman–Crippen LogP) is 5.70. The van der Waals surface area contributed by atoms with Crippen molar-refractivity contribution in [2.24, 2.45) is 5.92 Å². The lowest BCUT2D eigenvalue weighted by Gasteiger charge is -2.25. The molecule has 0 radical (unpaired) electrons. The van der Waals surface area contributed by atoms with E-state index in [0.29, 0.717) is 0 Å². The molecular formula is C16H31F3O2. The lowest BCUT2D eigenvalue weighted by molar-refractivity contribution is -0.163. The summed E-state index contributed by atoms with van der Waals surface area (Å²) < 4.78 is 47.4. The maximum atomic E-state index is 12.4. The number of halogens is 3. The third-order valence-electron chi connectivity index (χ3n) is 3.83. The largest absolute Gasteiger partial charge is 0.389 e. The maximum absolute atomic E-state index is 12.4. The standard InChI is InChI=1S/C16H31F3O2/c1-4-5-6-7-8-9-10-11-14(15(20-2)21-3)12-13-16(17,18)19/h14-15H,4-13H2,1-3H3. The van der Waals surface area contributed by atoms with Gasteiger partial charge in [0.2, 0.25) is 0 Å². The summed E-state index contributed by atoms with van der Waals surface area (Å²) in [6.07, 6.45) is 3.55. The number of rotatable bonds is 13. The molecule has 0 rings (SSSR count). The smallest absolute Gasteiger partial charge is 0.356 e. The van der Waals surface area contributed by atoms with Crippen molar-refractivity contribution >= 4 is 0 Å². The molecule has 0 saturated carbocycles. The Bertz CT molecular complexity index is 228. The Labute approximate surface area is 127 Å². The van der Waals surface area contributed by atoms with Crippen LogP contribution in [0.4, 0.5) is 13.2 Å². The molecule has 0 aliphatic heterocycles. The van der Waals surface area contributed by atoms with Gasteiger partial charge in [-0.3, -0.25) is 0 Å². The third kappa shape index (κ3) is 12.0. The minimum atomic E-state index is -4.11. The van der Waals surface area contributed by atoms with Gasteiger partial charge >= 0.3 is 6.18 Å². The van der Waals surface area contributed by atoms with Gasteiger partial charge in [0.25, 0.3) is 0 Å². The minimum Gasteiger partial charge on any atom is -0.356 e. The predicted molar refractivity (Wildman–Crippen MR) is 79.2 cm³/mol. The maximum Gasteiger partial charge on any atom is 0.389 e. The summed E-state index contributed by atoms with van der Waals surface area (Å²) in [6.45, 7) is 2.18. The van der Waals surface area contributed by atoms with Crippen molar-refractivity contribution in [3.8, 4) is 0 Å². The third-order valence-corrected chi connectivity index (χ3v) is 3.83. The monoisotopic (exact) mass is 312 g/mol. The quantitative estimate of drug-likeness (QED) is 0.320. The molecule has 0 spiro atoms. The molecule has 1 unspecified atom stereocenters. The van der Waals surface area contributed by atoms with E-state index in [1.165, 1.54) is 39.9 Å². The summed E-state index contributed by atoms with van der Waals surface area (Å²) in [5.74, 6) is -0.183. The second-order valence-electron chi connectivity index (χ2n) is 5.66. The van der Waals surface area contributed by atoms with Crippen molar-refractivity contribution in [2.45, 2.75) is 83.6 Å². The first-order valence-corrected chi connectivity index (χ1v) is 8.07. The van der Waals surface area contributed by atoms with E-state index in [1.807, 2.05) is 0 Å². The first kappa shape index (κ1) is 20.7. The molecule has 1 atom stereocenters. The van der Waals surface area contributed by atoms with Gasteiger partial charge in [0.15, 0.2) is 6.29 Å². The second kappa shape index (κ2) is 12.3. The zero-order valence-electron chi connectivity index (χ0n) is 13.7. The summed E-state index contributed by atoms with van der Waals surface area (Å²) in [4.78, 5) is 0. The van der Waals surface area contributed by atoms with Gasteiger partial charge in [0, 0.05) is 26.6 Å². The van der Waals surface area contributed by atoms with E-state index in [9.17, 15) is 13.2 Å². The minimum absolute atomic E-state index is 0.0751. The van der Waals surface area contributed by atoms with Crippen LogP contribution in [0.1, 0.15) is 71.1 Å². The van der Waals surface area contributed by atoms with Gasteiger partial charge in [0.1, 0.15) is 0 Å². The highest BCUT2D eigenvalue weighted by Gasteiger charge is 2.30. The second-order valence-corrected chi connectivity index (χ2v) is 5.66. The highest BCUT2D eigenvalue weighted by atomic mass is 19.4. The van der Waals surface area contributed by atoms with Crippen LogP contribution in [-0.4, -0.2) is 26.7 Å². The van der Waals surface area contributed by atoms with Crippen LogP contribution in [0, 0.1) is 5.92 Å². The summed E-state index contributed by atoms with van der Waals surface area (Å²) in [6, 6.07) is 0. The van der Waals surface area contributed by atoms with Crippen molar-refractivity contribution < 1.29 is 22.6 Å². The van der Waals surface area contributed by atoms with Crippen LogP contribution >= 0.6 is 0 Å². The van der Waals surface area contributed by atoms with Gasteiger partial charge in [-0.25, -0.2) is 0 Å². The Morgan fingerprint density at radius 2 is 1.33 bits per heavy atom. The molecule has 0 aromatic heterocycles. The Balaban J connectivity index is 3.99. The summed E-state index contributed by atoms with van der Waals surface area (Å²) >= 11 is 0. The van der Waals surface area contributed by atoms with Crippen molar-refractivity contribution in [3.63, 3.8) is 0 Å². The lowest BCUT2D eigenvalue weighted by Crippen LogP contribution is -2.26. The van der Waals surface area contributed by atoms with Gasteiger partial charge in [-0.2, -0.15) is 13.2 Å². The van der Waals surface area contributed by atoms with Gasteiger partial charge < -0.3 is 9.47 Å². The number of unbranched alkanes of at least 4 members (excludes halogenated alkanes) is 6. The normalized spacial score (nSPS) is 13.9. The van der Waals surface area contributed by atoms with Crippen molar-refractivity contribution in [3.05, 3.63) is 0 Å². The van der Waals surface area contributed by atoms with E-state index in [4.69, 9.17) is 9.47 Å². The molecule has 0 aliphatic carbocycles. The molecule has 0 N–H and O–H groups in total. The van der Waals surface area contributed by atoms with E-state index in [2.05, 4.69) is 6.92 Å². The van der Waals surface area contributed by atoms with Crippen LogP contribution in [0.15, 0.2) is 0 Å². The Morgan fingerprint density at radius 3 is 1.81 bits per heavy atom. The number of hydrogen-bond donors (Lipinski definition) is 0. The van der Waals surface area contributed by atoms with Crippen LogP contribution in [0.2, 0.25) is 0 Å². The van der Waals surface area contributed by atoms with Gasteiger partial charge in [-0.05, 0) is 12.8 Å². The molecule has 128 valence electrons. The fourth-order valence-corrected chi connectivity index (χ4v) is 2.61. The Hall–Kier alpha value is -0.290. The van der Waals surface area contributed by atoms with E-state index < -0.39 is 18.9 Å². The van der Waals surface area contributed by atoms with E-state index in [1.54, 1.807) is 0 Å². The fourth-order valence-electron chi connectivity index (χ4n) is 2.61. The van der Waals surface area contributed by atoms with Crippen molar-refractivity contribution in [1.82, 2.24) is 0 Å². The number of hydrogen-bond acceptors (Lipinski definition) is 2. The molecule has 5 heteroatoms. The molecule has 2 nitrogen and oxygen atoms in total. The van der Waals surface area contributed by atoms with Crippen molar-refractivity contribution in [2.75, 3.05) is 14.2 Å². The van der Waals surface area contributed by atoms with Gasteiger partial charge in [-0.15, -0.1) is 0 Å². The summed E-state index contributed by atoms with van der Waals surface area (Å²) in [5, 5.41) is 0. The van der Waals surface area contributed by atoms with E-state index in [-0.39, 0.29) is 12.3 Å². The zero-order chi connectivity index (χ0) is 16.1. The molecule has 0 amide bonds. The van der Waals surface area contributed by atoms with Gasteiger partial charge in [0.05, 0.1) is 0 Å². The first-order valence-electron chi connectivity index (χ1n) is 8.07. The SMILES string of the molecule is CCCCCCCCCC(CCC(F)(F)F)C(OC)OC. The lowest BCUT2D eigenvalue weighted by atomic mass is 9.94. The molecular weight excluding hydrogens is 281 g/mol. The molecule has 0 fully saturated rings. The first-order chi connectivity index (χ1) is 9.94. The number of methoxy groups -OCH3 is 2. The number of ether oxygens (including phenoxy) is 2. The fraction of sp³-hybridized carbons (Fsp3) is 1.00. The molecule has 21 heavy (non-hydrogen) atoms. The van der Waals surface area contributed by atoms with Crippen LogP contribution in [0.25, 0.3) is 0 Å². The molecule has 0 heterocycles. The molecule has 0 saturated heterocycles. The number of alkyl halides is 3. The van der Waals surface area contributed by atoms with Crippen LogP contribution < -0.4 is 0 Å². The van der Waals surface area contributed by atoms with Gasteiger partial charge in [-0.1, -0.05) is 51.9 Å². The average molecular weight is 312 g/mol. The van der Waals surface area contributed by atoms with E-state index >= 15 is 0 Å². The summed E-state index contributed by atoms with van der Waals surface area (Å²) in [7, 11) is 2.97. The topological polar surface area (TPSA) is 18.5 Å². The summed E-state index contributed by atoms with van der Waals surface area (Å²) in [5.41, 5.74) is 0. The Morgan fingerprint density at radius 1 is 0.810 bits per heavy atom. The molecule has 0 bridgehead atoms. The van der Waals surface area contributed by atoms with E-state index in [0.717, 1.165) is 25.7 Å². The van der Waals surface area contributed by atoms with Crippen LogP contribution in [0.3, 0.4) is 0 Å². The van der Waals surface area contributed by atoms with Crippen LogP contribution in [0.5, 0.6) is 0 Å². The highest BCUT2D eigenvalue weighted by molar-refractivity contribution is 4.66. The average Bonchev–Trinajstić information content (AvgIpc) is 2.43. The molecule has 0 aromatic rings.